The standard InChI is InChI=1S/C12H16F3NO2/c1-8(12(13,14)15)18-7-9-3-4-11(17-2)10(5-9)6-16/h3-5,8H,6-7,16H2,1-2H3. The monoisotopic (exact) mass is 263 g/mol. The zero-order valence-electron chi connectivity index (χ0n) is 10.3. The van der Waals surface area contributed by atoms with Crippen LogP contribution in [0, 0.1) is 0 Å². The number of benzene rings is 1. The molecule has 0 saturated heterocycles. The second-order valence-electron chi connectivity index (χ2n) is 3.85. The molecule has 18 heavy (non-hydrogen) atoms. The average Bonchev–Trinajstić information content (AvgIpc) is 2.34. The second-order valence-corrected chi connectivity index (χ2v) is 3.85. The van der Waals surface area contributed by atoms with Gasteiger partial charge < -0.3 is 15.2 Å². The van der Waals surface area contributed by atoms with E-state index in [0.29, 0.717) is 11.3 Å². The third-order valence-corrected chi connectivity index (χ3v) is 2.53. The predicted octanol–water partition coefficient (Wildman–Crippen LogP) is 2.62. The molecule has 0 bridgehead atoms. The fourth-order valence-corrected chi connectivity index (χ4v) is 1.40. The van der Waals surface area contributed by atoms with Crippen LogP contribution in [-0.2, 0) is 17.9 Å². The van der Waals surface area contributed by atoms with E-state index < -0.39 is 12.3 Å². The van der Waals surface area contributed by atoms with E-state index in [0.717, 1.165) is 12.5 Å². The first-order valence-corrected chi connectivity index (χ1v) is 5.42. The Bertz CT molecular complexity index is 393. The normalized spacial score (nSPS) is 13.4. The quantitative estimate of drug-likeness (QED) is 0.888. The molecule has 3 nitrogen and oxygen atoms in total. The Morgan fingerprint density at radius 2 is 2.00 bits per heavy atom. The molecule has 1 aromatic rings. The first-order chi connectivity index (χ1) is 8.38. The lowest BCUT2D eigenvalue weighted by atomic mass is 10.1. The number of alkyl halides is 3. The van der Waals surface area contributed by atoms with Crippen LogP contribution in [0.5, 0.6) is 5.75 Å². The Labute approximate surface area is 104 Å². The fourth-order valence-electron chi connectivity index (χ4n) is 1.40. The van der Waals surface area contributed by atoms with Crippen LogP contribution in [0.4, 0.5) is 13.2 Å². The third kappa shape index (κ3) is 3.89. The van der Waals surface area contributed by atoms with Gasteiger partial charge in [-0.15, -0.1) is 0 Å². The van der Waals surface area contributed by atoms with Crippen molar-refractivity contribution in [2.24, 2.45) is 5.73 Å². The van der Waals surface area contributed by atoms with Gasteiger partial charge in [0.2, 0.25) is 0 Å². The van der Waals surface area contributed by atoms with E-state index in [1.807, 2.05) is 0 Å². The third-order valence-electron chi connectivity index (χ3n) is 2.53. The zero-order chi connectivity index (χ0) is 13.8. The number of ether oxygens (including phenoxy) is 2. The maximum absolute atomic E-state index is 12.3. The van der Waals surface area contributed by atoms with Crippen molar-refractivity contribution in [1.29, 1.82) is 0 Å². The molecule has 6 heteroatoms. The molecule has 0 aromatic heterocycles. The Hall–Kier alpha value is -1.27. The lowest BCUT2D eigenvalue weighted by molar-refractivity contribution is -0.217. The maximum Gasteiger partial charge on any atom is 0.414 e. The molecule has 0 saturated carbocycles. The summed E-state index contributed by atoms with van der Waals surface area (Å²) in [5.41, 5.74) is 6.89. The number of hydrogen-bond donors (Lipinski definition) is 1. The second kappa shape index (κ2) is 6.06. The smallest absolute Gasteiger partial charge is 0.414 e. The van der Waals surface area contributed by atoms with Gasteiger partial charge >= 0.3 is 6.18 Å². The highest BCUT2D eigenvalue weighted by Crippen LogP contribution is 2.24. The summed E-state index contributed by atoms with van der Waals surface area (Å²) in [5.74, 6) is 0.616. The summed E-state index contributed by atoms with van der Waals surface area (Å²) < 4.78 is 46.6. The molecule has 1 rings (SSSR count). The van der Waals surface area contributed by atoms with Crippen molar-refractivity contribution in [3.63, 3.8) is 0 Å². The van der Waals surface area contributed by atoms with Gasteiger partial charge in [0.15, 0.2) is 6.10 Å². The van der Waals surface area contributed by atoms with Gasteiger partial charge in [-0.1, -0.05) is 6.07 Å². The Kier molecular flexibility index (Phi) is 4.98. The Balaban J connectivity index is 2.69. The molecule has 1 atom stereocenters. The summed E-state index contributed by atoms with van der Waals surface area (Å²) in [4.78, 5) is 0. The summed E-state index contributed by atoms with van der Waals surface area (Å²) in [5, 5.41) is 0. The highest BCUT2D eigenvalue weighted by Gasteiger charge is 2.36. The summed E-state index contributed by atoms with van der Waals surface area (Å²) in [6.07, 6.45) is -6.13. The van der Waals surface area contributed by atoms with Gasteiger partial charge in [0.05, 0.1) is 13.7 Å². The first-order valence-electron chi connectivity index (χ1n) is 5.42. The molecule has 102 valence electrons. The number of rotatable bonds is 5. The Morgan fingerprint density at radius 3 is 2.50 bits per heavy atom. The van der Waals surface area contributed by atoms with E-state index in [2.05, 4.69) is 0 Å². The topological polar surface area (TPSA) is 44.5 Å². The van der Waals surface area contributed by atoms with E-state index in [-0.39, 0.29) is 13.2 Å². The number of nitrogens with two attached hydrogens (primary N) is 1. The van der Waals surface area contributed by atoms with Gasteiger partial charge in [-0.05, 0) is 24.6 Å². The van der Waals surface area contributed by atoms with Gasteiger partial charge in [-0.3, -0.25) is 0 Å². The lowest BCUT2D eigenvalue weighted by Gasteiger charge is -2.17. The highest BCUT2D eigenvalue weighted by atomic mass is 19.4. The van der Waals surface area contributed by atoms with Crippen molar-refractivity contribution in [2.45, 2.75) is 32.4 Å². The van der Waals surface area contributed by atoms with Crippen LogP contribution >= 0.6 is 0 Å². The molecular weight excluding hydrogens is 247 g/mol. The summed E-state index contributed by atoms with van der Waals surface area (Å²) >= 11 is 0. The van der Waals surface area contributed by atoms with E-state index in [1.165, 1.54) is 7.11 Å². The SMILES string of the molecule is COc1ccc(COC(C)C(F)(F)F)cc1CN. The fraction of sp³-hybridized carbons (Fsp3) is 0.500. The first kappa shape index (κ1) is 14.8. The molecule has 2 N–H and O–H groups in total. The average molecular weight is 263 g/mol. The largest absolute Gasteiger partial charge is 0.496 e. The van der Waals surface area contributed by atoms with Crippen molar-refractivity contribution in [3.05, 3.63) is 29.3 Å². The Morgan fingerprint density at radius 1 is 1.33 bits per heavy atom. The van der Waals surface area contributed by atoms with Crippen LogP contribution in [0.25, 0.3) is 0 Å². The molecule has 0 amide bonds. The van der Waals surface area contributed by atoms with Crippen LogP contribution in [0.3, 0.4) is 0 Å². The zero-order valence-corrected chi connectivity index (χ0v) is 10.3. The van der Waals surface area contributed by atoms with Gasteiger partial charge in [0.25, 0.3) is 0 Å². The van der Waals surface area contributed by atoms with E-state index in [9.17, 15) is 13.2 Å². The van der Waals surface area contributed by atoms with Crippen molar-refractivity contribution in [3.8, 4) is 5.75 Å². The summed E-state index contributed by atoms with van der Waals surface area (Å²) in [6.45, 7) is 1.12. The van der Waals surface area contributed by atoms with Crippen molar-refractivity contribution >= 4 is 0 Å². The number of hydrogen-bond acceptors (Lipinski definition) is 3. The van der Waals surface area contributed by atoms with E-state index in [1.54, 1.807) is 18.2 Å². The minimum atomic E-state index is -4.34. The summed E-state index contributed by atoms with van der Waals surface area (Å²) in [7, 11) is 1.51. The lowest BCUT2D eigenvalue weighted by Crippen LogP contribution is -2.28. The van der Waals surface area contributed by atoms with Crippen LogP contribution in [0.15, 0.2) is 18.2 Å². The highest BCUT2D eigenvalue weighted by molar-refractivity contribution is 5.36. The van der Waals surface area contributed by atoms with Gasteiger partial charge in [0, 0.05) is 12.1 Å². The van der Waals surface area contributed by atoms with Gasteiger partial charge in [-0.2, -0.15) is 13.2 Å². The minimum absolute atomic E-state index is 0.113. The molecule has 0 spiro atoms. The molecule has 0 aliphatic rings. The van der Waals surface area contributed by atoms with Crippen molar-refractivity contribution in [1.82, 2.24) is 0 Å². The minimum Gasteiger partial charge on any atom is -0.496 e. The molecule has 1 aromatic carbocycles. The van der Waals surface area contributed by atoms with Crippen LogP contribution < -0.4 is 10.5 Å². The molecule has 0 heterocycles. The van der Waals surface area contributed by atoms with Crippen LogP contribution in [0.2, 0.25) is 0 Å². The van der Waals surface area contributed by atoms with E-state index in [4.69, 9.17) is 15.2 Å². The summed E-state index contributed by atoms with van der Waals surface area (Å²) in [6, 6.07) is 5.00. The molecule has 0 fully saturated rings. The van der Waals surface area contributed by atoms with Crippen molar-refractivity contribution < 1.29 is 22.6 Å². The maximum atomic E-state index is 12.3. The number of methoxy groups -OCH3 is 1. The van der Waals surface area contributed by atoms with Crippen LogP contribution in [0.1, 0.15) is 18.1 Å². The molecule has 0 radical (unpaired) electrons. The molecule has 0 aliphatic heterocycles. The predicted molar refractivity (Wildman–Crippen MR) is 61.2 cm³/mol. The molecule has 0 aliphatic carbocycles. The van der Waals surface area contributed by atoms with Crippen molar-refractivity contribution in [2.75, 3.05) is 7.11 Å². The molecular formula is C12H16F3NO2. The number of halogens is 3. The van der Waals surface area contributed by atoms with E-state index >= 15 is 0 Å². The van der Waals surface area contributed by atoms with Gasteiger partial charge in [-0.25, -0.2) is 0 Å². The molecule has 1 unspecified atom stereocenters. The van der Waals surface area contributed by atoms with Gasteiger partial charge in [0.1, 0.15) is 5.75 Å². The van der Waals surface area contributed by atoms with Crippen LogP contribution in [-0.4, -0.2) is 19.4 Å².